The Morgan fingerprint density at radius 3 is 2.82 bits per heavy atom. The molecule has 3 rings (SSSR count). The number of benzene rings is 1. The second kappa shape index (κ2) is 3.91. The Labute approximate surface area is 102 Å². The van der Waals surface area contributed by atoms with Crippen LogP contribution in [0.1, 0.15) is 12.8 Å². The van der Waals surface area contributed by atoms with Gasteiger partial charge in [-0.15, -0.1) is 0 Å². The number of hydrogen-bond acceptors (Lipinski definition) is 3. The van der Waals surface area contributed by atoms with E-state index in [1.807, 2.05) is 24.3 Å². The minimum atomic E-state index is -3.14. The van der Waals surface area contributed by atoms with Gasteiger partial charge in [0.2, 0.25) is 10.0 Å². The number of nitrogens with zero attached hydrogens (tertiary/aromatic N) is 1. The van der Waals surface area contributed by atoms with Crippen LogP contribution in [0.25, 0.3) is 0 Å². The Balaban J connectivity index is 1.93. The second-order valence-electron chi connectivity index (χ2n) is 4.74. The maximum atomic E-state index is 12.3. The van der Waals surface area contributed by atoms with E-state index in [2.05, 4.69) is 5.32 Å². The first kappa shape index (κ1) is 10.9. The number of rotatable bonds is 3. The number of anilines is 2. The van der Waals surface area contributed by atoms with Gasteiger partial charge in [-0.1, -0.05) is 12.1 Å². The summed E-state index contributed by atoms with van der Waals surface area (Å²) in [6, 6.07) is 7.59. The number of fused-ring (bicyclic) bond motifs is 1. The van der Waals surface area contributed by atoms with E-state index in [4.69, 9.17) is 0 Å². The SMILES string of the molecule is O=S(=O)(CC1CC1)N1CCNc2ccccc21. The lowest BCUT2D eigenvalue weighted by atomic mass is 10.2. The standard InChI is InChI=1S/C12H16N2O2S/c15-17(16,9-10-5-6-10)14-8-7-13-11-3-1-2-4-12(11)14/h1-4,10,13H,5-9H2. The van der Waals surface area contributed by atoms with Crippen LogP contribution in [-0.4, -0.2) is 27.3 Å². The fourth-order valence-electron chi connectivity index (χ4n) is 2.21. The van der Waals surface area contributed by atoms with Gasteiger partial charge in [-0.05, 0) is 30.9 Å². The molecule has 0 radical (unpaired) electrons. The summed E-state index contributed by atoms with van der Waals surface area (Å²) in [5, 5.41) is 3.23. The lowest BCUT2D eigenvalue weighted by Crippen LogP contribution is -2.40. The van der Waals surface area contributed by atoms with Gasteiger partial charge in [-0.3, -0.25) is 4.31 Å². The highest BCUT2D eigenvalue weighted by molar-refractivity contribution is 7.92. The van der Waals surface area contributed by atoms with Gasteiger partial charge in [0, 0.05) is 6.54 Å². The lowest BCUT2D eigenvalue weighted by Gasteiger charge is -2.31. The Morgan fingerprint density at radius 2 is 2.06 bits per heavy atom. The zero-order chi connectivity index (χ0) is 11.9. The summed E-state index contributed by atoms with van der Waals surface area (Å²) in [5.74, 6) is 0.698. The molecule has 1 aliphatic carbocycles. The van der Waals surface area contributed by atoms with E-state index in [1.165, 1.54) is 0 Å². The topological polar surface area (TPSA) is 49.4 Å². The molecule has 5 heteroatoms. The summed E-state index contributed by atoms with van der Waals surface area (Å²) < 4.78 is 26.2. The molecular formula is C12H16N2O2S. The number of hydrogen-bond donors (Lipinski definition) is 1. The molecule has 0 saturated heterocycles. The minimum Gasteiger partial charge on any atom is -0.382 e. The van der Waals surface area contributed by atoms with Crippen molar-refractivity contribution >= 4 is 21.4 Å². The third-order valence-corrected chi connectivity index (χ3v) is 5.23. The fourth-order valence-corrected chi connectivity index (χ4v) is 4.15. The van der Waals surface area contributed by atoms with Gasteiger partial charge in [0.25, 0.3) is 0 Å². The summed E-state index contributed by atoms with van der Waals surface area (Å²) in [4.78, 5) is 0. The maximum Gasteiger partial charge on any atom is 0.235 e. The van der Waals surface area contributed by atoms with Crippen molar-refractivity contribution in [2.75, 3.05) is 28.5 Å². The lowest BCUT2D eigenvalue weighted by molar-refractivity contribution is 0.587. The molecule has 0 aromatic heterocycles. The third kappa shape index (κ3) is 2.11. The quantitative estimate of drug-likeness (QED) is 0.890. The molecule has 0 amide bonds. The number of sulfonamides is 1. The van der Waals surface area contributed by atoms with E-state index in [1.54, 1.807) is 4.31 Å². The molecule has 1 saturated carbocycles. The van der Waals surface area contributed by atoms with Crippen LogP contribution in [0.5, 0.6) is 0 Å². The molecule has 0 unspecified atom stereocenters. The van der Waals surface area contributed by atoms with Gasteiger partial charge in [-0.25, -0.2) is 8.42 Å². The summed E-state index contributed by atoms with van der Waals surface area (Å²) in [6.45, 7) is 1.22. The van der Waals surface area contributed by atoms with Gasteiger partial charge < -0.3 is 5.32 Å². The molecule has 0 bridgehead atoms. The highest BCUT2D eigenvalue weighted by Gasteiger charge is 2.33. The average Bonchev–Trinajstić information content (AvgIpc) is 3.11. The molecule has 2 aliphatic rings. The molecule has 1 N–H and O–H groups in total. The second-order valence-corrected chi connectivity index (χ2v) is 6.68. The summed E-state index contributed by atoms with van der Waals surface area (Å²) >= 11 is 0. The van der Waals surface area contributed by atoms with Crippen LogP contribution in [0.15, 0.2) is 24.3 Å². The van der Waals surface area contributed by atoms with Crippen LogP contribution in [-0.2, 0) is 10.0 Å². The first-order valence-corrected chi connectivity index (χ1v) is 7.61. The van der Waals surface area contributed by atoms with E-state index in [0.29, 0.717) is 24.8 Å². The Kier molecular flexibility index (Phi) is 2.50. The van der Waals surface area contributed by atoms with E-state index >= 15 is 0 Å². The number of para-hydroxylation sites is 2. The average molecular weight is 252 g/mol. The monoisotopic (exact) mass is 252 g/mol. The molecular weight excluding hydrogens is 236 g/mol. The van der Waals surface area contributed by atoms with E-state index in [-0.39, 0.29) is 0 Å². The van der Waals surface area contributed by atoms with Gasteiger partial charge in [0.05, 0.1) is 23.7 Å². The largest absolute Gasteiger partial charge is 0.382 e. The molecule has 0 spiro atoms. The molecule has 1 aliphatic heterocycles. The zero-order valence-corrected chi connectivity index (χ0v) is 10.4. The number of nitrogens with one attached hydrogen (secondary N) is 1. The summed E-state index contributed by atoms with van der Waals surface area (Å²) in [6.07, 6.45) is 2.12. The van der Waals surface area contributed by atoms with Gasteiger partial charge in [-0.2, -0.15) is 0 Å². The normalized spacial score (nSPS) is 19.6. The van der Waals surface area contributed by atoms with Gasteiger partial charge in [0.15, 0.2) is 0 Å². The first-order valence-electron chi connectivity index (χ1n) is 6.00. The maximum absolute atomic E-state index is 12.3. The zero-order valence-electron chi connectivity index (χ0n) is 9.59. The van der Waals surface area contributed by atoms with Crippen molar-refractivity contribution in [2.45, 2.75) is 12.8 Å². The molecule has 1 aromatic carbocycles. The van der Waals surface area contributed by atoms with Crippen LogP contribution in [0.2, 0.25) is 0 Å². The van der Waals surface area contributed by atoms with Crippen molar-refractivity contribution in [1.82, 2.24) is 0 Å². The summed E-state index contributed by atoms with van der Waals surface area (Å²) in [7, 11) is -3.14. The molecule has 4 nitrogen and oxygen atoms in total. The molecule has 1 fully saturated rings. The van der Waals surface area contributed by atoms with Crippen molar-refractivity contribution in [1.29, 1.82) is 0 Å². The van der Waals surface area contributed by atoms with Crippen molar-refractivity contribution in [2.24, 2.45) is 5.92 Å². The molecule has 92 valence electrons. The molecule has 1 aromatic rings. The van der Waals surface area contributed by atoms with Crippen molar-refractivity contribution in [3.8, 4) is 0 Å². The van der Waals surface area contributed by atoms with E-state index in [0.717, 1.165) is 24.2 Å². The molecule has 0 atom stereocenters. The third-order valence-electron chi connectivity index (χ3n) is 3.28. The smallest absolute Gasteiger partial charge is 0.235 e. The Hall–Kier alpha value is -1.23. The molecule has 1 heterocycles. The highest BCUT2D eigenvalue weighted by Crippen LogP contribution is 2.35. The van der Waals surface area contributed by atoms with Crippen LogP contribution < -0.4 is 9.62 Å². The highest BCUT2D eigenvalue weighted by atomic mass is 32.2. The van der Waals surface area contributed by atoms with Crippen LogP contribution in [0, 0.1) is 5.92 Å². The van der Waals surface area contributed by atoms with Crippen LogP contribution >= 0.6 is 0 Å². The Bertz CT molecular complexity index is 523. The van der Waals surface area contributed by atoms with E-state index < -0.39 is 10.0 Å². The van der Waals surface area contributed by atoms with Crippen molar-refractivity contribution in [3.63, 3.8) is 0 Å². The van der Waals surface area contributed by atoms with E-state index in [9.17, 15) is 8.42 Å². The predicted molar refractivity (Wildman–Crippen MR) is 68.8 cm³/mol. The van der Waals surface area contributed by atoms with Crippen LogP contribution in [0.3, 0.4) is 0 Å². The van der Waals surface area contributed by atoms with Crippen molar-refractivity contribution in [3.05, 3.63) is 24.3 Å². The molecule has 17 heavy (non-hydrogen) atoms. The van der Waals surface area contributed by atoms with Crippen molar-refractivity contribution < 1.29 is 8.42 Å². The summed E-state index contributed by atoms with van der Waals surface area (Å²) in [5.41, 5.74) is 1.71. The van der Waals surface area contributed by atoms with Crippen LogP contribution in [0.4, 0.5) is 11.4 Å². The van der Waals surface area contributed by atoms with Gasteiger partial charge in [0.1, 0.15) is 0 Å². The minimum absolute atomic E-state index is 0.307. The fraction of sp³-hybridized carbons (Fsp3) is 0.500. The van der Waals surface area contributed by atoms with Gasteiger partial charge >= 0.3 is 0 Å². The first-order chi connectivity index (χ1) is 8.17. The predicted octanol–water partition coefficient (Wildman–Crippen LogP) is 1.66. The Morgan fingerprint density at radius 1 is 1.29 bits per heavy atom.